The molecule has 4 rings (SSSR count). The van der Waals surface area contributed by atoms with Gasteiger partial charge in [-0.2, -0.15) is 0 Å². The number of morpholine rings is 1. The molecule has 2 amide bonds. The molecular weight excluding hydrogens is 480 g/mol. The first kappa shape index (κ1) is 26.2. The van der Waals surface area contributed by atoms with Gasteiger partial charge in [-0.25, -0.2) is 0 Å². The van der Waals surface area contributed by atoms with E-state index in [2.05, 4.69) is 15.5 Å². The van der Waals surface area contributed by atoms with Crippen LogP contribution in [0.2, 0.25) is 0 Å². The van der Waals surface area contributed by atoms with Crippen LogP contribution in [0.3, 0.4) is 0 Å². The summed E-state index contributed by atoms with van der Waals surface area (Å²) in [5, 5.41) is 37.1. The van der Waals surface area contributed by atoms with Gasteiger partial charge in [-0.05, 0) is 17.5 Å². The number of carbonyl (C=O) groups is 3. The monoisotopic (exact) mass is 512 g/mol. The summed E-state index contributed by atoms with van der Waals surface area (Å²) in [7, 11) is 1.43. The second kappa shape index (κ2) is 11.5. The lowest BCUT2D eigenvalue weighted by molar-refractivity contribution is -0.125. The summed E-state index contributed by atoms with van der Waals surface area (Å²) >= 11 is 0. The molecule has 2 aliphatic heterocycles. The lowest BCUT2D eigenvalue weighted by Gasteiger charge is -2.26. The lowest BCUT2D eigenvalue weighted by Crippen LogP contribution is -2.46. The number of phenolic OH excluding ortho intramolecular Hbond substituents is 3. The van der Waals surface area contributed by atoms with Crippen LogP contribution in [0.15, 0.2) is 24.3 Å². The smallest absolute Gasteiger partial charge is 0.259 e. The SMILES string of the molecule is CNC(=O)C(CCC=O)N1Cc2c(NCc3cccc(CN4CCOCC4)c3)c(O)c(O)c(O)c2C1=O. The average Bonchev–Trinajstić information content (AvgIpc) is 3.24. The molecule has 5 N–H and O–H groups in total. The molecule has 2 aromatic rings. The lowest BCUT2D eigenvalue weighted by atomic mass is 10.0. The predicted molar refractivity (Wildman–Crippen MR) is 134 cm³/mol. The first-order valence-electron chi connectivity index (χ1n) is 12.2. The second-order valence-corrected chi connectivity index (χ2v) is 9.14. The first-order valence-corrected chi connectivity index (χ1v) is 12.2. The molecule has 1 unspecified atom stereocenters. The van der Waals surface area contributed by atoms with Crippen LogP contribution in [-0.4, -0.2) is 82.6 Å². The highest BCUT2D eigenvalue weighted by Gasteiger charge is 2.41. The van der Waals surface area contributed by atoms with E-state index in [-0.39, 0.29) is 42.7 Å². The van der Waals surface area contributed by atoms with E-state index in [1.54, 1.807) is 0 Å². The molecule has 2 aromatic carbocycles. The third-order valence-electron chi connectivity index (χ3n) is 6.78. The fourth-order valence-electron chi connectivity index (χ4n) is 4.84. The zero-order valence-electron chi connectivity index (χ0n) is 20.7. The number of aldehydes is 1. The number of nitrogens with zero attached hydrogens (tertiary/aromatic N) is 2. The number of fused-ring (bicyclic) bond motifs is 1. The van der Waals surface area contributed by atoms with Crippen LogP contribution in [0.25, 0.3) is 0 Å². The Labute approximate surface area is 214 Å². The van der Waals surface area contributed by atoms with Crippen molar-refractivity contribution < 1.29 is 34.4 Å². The highest BCUT2D eigenvalue weighted by molar-refractivity contribution is 6.06. The third-order valence-corrected chi connectivity index (χ3v) is 6.78. The van der Waals surface area contributed by atoms with Crippen molar-refractivity contribution in [1.29, 1.82) is 0 Å². The maximum atomic E-state index is 13.2. The number of hydrogen-bond acceptors (Lipinski definition) is 9. The minimum atomic E-state index is -0.955. The summed E-state index contributed by atoms with van der Waals surface area (Å²) < 4.78 is 5.40. The van der Waals surface area contributed by atoms with Gasteiger partial charge in [0.25, 0.3) is 5.91 Å². The van der Waals surface area contributed by atoms with E-state index in [9.17, 15) is 29.7 Å². The third kappa shape index (κ3) is 5.47. The summed E-state index contributed by atoms with van der Waals surface area (Å²) in [4.78, 5) is 40.2. The van der Waals surface area contributed by atoms with Crippen LogP contribution < -0.4 is 10.6 Å². The maximum absolute atomic E-state index is 13.2. The van der Waals surface area contributed by atoms with Gasteiger partial charge in [-0.3, -0.25) is 14.5 Å². The number of phenols is 3. The molecule has 1 saturated heterocycles. The number of nitrogens with one attached hydrogen (secondary N) is 2. The second-order valence-electron chi connectivity index (χ2n) is 9.14. The van der Waals surface area contributed by atoms with Crippen LogP contribution >= 0.6 is 0 Å². The Morgan fingerprint density at radius 1 is 1.14 bits per heavy atom. The Kier molecular flexibility index (Phi) is 8.14. The molecule has 2 heterocycles. The maximum Gasteiger partial charge on any atom is 0.259 e. The molecule has 0 radical (unpaired) electrons. The molecule has 1 fully saturated rings. The molecule has 0 bridgehead atoms. The quantitative estimate of drug-likeness (QED) is 0.180. The molecule has 0 aliphatic carbocycles. The van der Waals surface area contributed by atoms with Crippen molar-refractivity contribution in [2.75, 3.05) is 38.7 Å². The summed E-state index contributed by atoms with van der Waals surface area (Å²) in [6, 6.07) is 6.99. The van der Waals surface area contributed by atoms with Crippen molar-refractivity contribution in [3.8, 4) is 17.2 Å². The molecule has 0 spiro atoms. The van der Waals surface area contributed by atoms with E-state index in [0.29, 0.717) is 19.5 Å². The van der Waals surface area contributed by atoms with Gasteiger partial charge < -0.3 is 40.4 Å². The number of anilines is 1. The van der Waals surface area contributed by atoms with Gasteiger partial charge in [-0.1, -0.05) is 24.3 Å². The number of rotatable bonds is 10. The number of amides is 2. The fourth-order valence-corrected chi connectivity index (χ4v) is 4.84. The van der Waals surface area contributed by atoms with Gasteiger partial charge in [-0.15, -0.1) is 0 Å². The van der Waals surface area contributed by atoms with Crippen molar-refractivity contribution in [3.63, 3.8) is 0 Å². The van der Waals surface area contributed by atoms with Crippen LogP contribution in [0, 0.1) is 0 Å². The number of aromatic hydroxyl groups is 3. The topological polar surface area (TPSA) is 152 Å². The minimum Gasteiger partial charge on any atom is -0.504 e. The summed E-state index contributed by atoms with van der Waals surface area (Å²) in [5.41, 5.74) is 2.22. The standard InChI is InChI=1S/C26H32N4O7/c1-27-25(35)19(6-3-9-31)30-15-18-20(26(30)36)22(32)24(34)23(33)21(18)28-13-16-4-2-5-17(12-16)14-29-7-10-37-11-8-29/h2,4-5,9,12,19,28,32-34H,3,6-8,10-11,13-15H2,1H3,(H,27,35). The van der Waals surface area contributed by atoms with Crippen molar-refractivity contribution in [2.45, 2.75) is 38.5 Å². The van der Waals surface area contributed by atoms with E-state index in [1.807, 2.05) is 24.3 Å². The molecule has 198 valence electrons. The van der Waals surface area contributed by atoms with Crippen LogP contribution in [0.5, 0.6) is 17.2 Å². The minimum absolute atomic E-state index is 0.0621. The first-order chi connectivity index (χ1) is 17.8. The number of hydrogen-bond donors (Lipinski definition) is 5. The van der Waals surface area contributed by atoms with Gasteiger partial charge in [0.15, 0.2) is 11.5 Å². The Morgan fingerprint density at radius 2 is 1.86 bits per heavy atom. The number of likely N-dealkylation sites (N-methyl/N-ethyl adjacent to an activating group) is 1. The zero-order chi connectivity index (χ0) is 26.5. The Hall–Kier alpha value is -3.83. The molecule has 11 heteroatoms. The van der Waals surface area contributed by atoms with Crippen LogP contribution in [0.4, 0.5) is 5.69 Å². The van der Waals surface area contributed by atoms with E-state index in [4.69, 9.17) is 4.74 Å². The average molecular weight is 513 g/mol. The van der Waals surface area contributed by atoms with Crippen molar-refractivity contribution >= 4 is 23.8 Å². The van der Waals surface area contributed by atoms with Crippen molar-refractivity contribution in [3.05, 3.63) is 46.5 Å². The Bertz CT molecular complexity index is 1180. The molecule has 0 aromatic heterocycles. The highest BCUT2D eigenvalue weighted by atomic mass is 16.5. The van der Waals surface area contributed by atoms with Crippen LogP contribution in [0.1, 0.15) is 39.9 Å². The molecule has 1 atom stereocenters. The zero-order valence-corrected chi connectivity index (χ0v) is 20.7. The van der Waals surface area contributed by atoms with E-state index in [0.717, 1.165) is 30.8 Å². The number of benzene rings is 2. The van der Waals surface area contributed by atoms with Gasteiger partial charge in [0.05, 0.1) is 24.5 Å². The van der Waals surface area contributed by atoms with Crippen molar-refractivity contribution in [1.82, 2.24) is 15.1 Å². The molecular formula is C26H32N4O7. The summed E-state index contributed by atoms with van der Waals surface area (Å²) in [6.45, 7) is 4.12. The fraction of sp³-hybridized carbons (Fsp3) is 0.423. The largest absolute Gasteiger partial charge is 0.504 e. The highest BCUT2D eigenvalue weighted by Crippen LogP contribution is 2.50. The number of carbonyl (C=O) groups excluding carboxylic acids is 3. The Balaban J connectivity index is 1.58. The summed E-state index contributed by atoms with van der Waals surface area (Å²) in [5.74, 6) is -3.27. The van der Waals surface area contributed by atoms with Gasteiger partial charge in [0.1, 0.15) is 12.3 Å². The molecule has 0 saturated carbocycles. The van der Waals surface area contributed by atoms with E-state index < -0.39 is 35.1 Å². The number of ether oxygens (including phenoxy) is 1. The molecule has 37 heavy (non-hydrogen) atoms. The Morgan fingerprint density at radius 3 is 2.57 bits per heavy atom. The van der Waals surface area contributed by atoms with Crippen LogP contribution in [-0.2, 0) is 34.0 Å². The molecule has 2 aliphatic rings. The van der Waals surface area contributed by atoms with Crippen molar-refractivity contribution in [2.24, 2.45) is 0 Å². The van der Waals surface area contributed by atoms with Gasteiger partial charge in [0.2, 0.25) is 11.7 Å². The van der Waals surface area contributed by atoms with Gasteiger partial charge >= 0.3 is 0 Å². The summed E-state index contributed by atoms with van der Waals surface area (Å²) in [6.07, 6.45) is 0.825. The van der Waals surface area contributed by atoms with E-state index in [1.165, 1.54) is 11.9 Å². The normalized spacial score (nSPS) is 16.4. The van der Waals surface area contributed by atoms with E-state index >= 15 is 0 Å². The molecule has 11 nitrogen and oxygen atoms in total. The predicted octanol–water partition coefficient (Wildman–Crippen LogP) is 1.30. The van der Waals surface area contributed by atoms with Gasteiger partial charge in [0, 0.05) is 51.8 Å².